The van der Waals surface area contributed by atoms with Gasteiger partial charge in [0, 0.05) is 25.7 Å². The molecule has 0 radical (unpaired) electrons. The van der Waals surface area contributed by atoms with Gasteiger partial charge in [0.05, 0.1) is 0 Å². The zero-order valence-corrected chi connectivity index (χ0v) is 16.7. The molecule has 5 nitrogen and oxygen atoms in total. The molecule has 0 saturated heterocycles. The van der Waals surface area contributed by atoms with Crippen LogP contribution in [0.3, 0.4) is 0 Å². The molecule has 1 aliphatic heterocycles. The molecule has 0 spiro atoms. The van der Waals surface area contributed by atoms with Crippen LogP contribution in [0, 0.1) is 19.7 Å². The van der Waals surface area contributed by atoms with E-state index in [9.17, 15) is 9.18 Å². The molecule has 0 fully saturated rings. The Morgan fingerprint density at radius 1 is 1.07 bits per heavy atom. The molecule has 3 aromatic rings. The zero-order chi connectivity index (χ0) is 20.4. The quantitative estimate of drug-likeness (QED) is 0.658. The predicted octanol–water partition coefficient (Wildman–Crippen LogP) is 3.99. The van der Waals surface area contributed by atoms with Crippen molar-refractivity contribution in [3.63, 3.8) is 0 Å². The molecule has 0 atom stereocenters. The highest BCUT2D eigenvalue weighted by Gasteiger charge is 2.20. The van der Waals surface area contributed by atoms with Gasteiger partial charge < -0.3 is 9.64 Å². The maximum atomic E-state index is 13.8. The minimum atomic E-state index is -0.318. The van der Waals surface area contributed by atoms with E-state index >= 15 is 0 Å². The van der Waals surface area contributed by atoms with E-state index in [1.54, 1.807) is 17.6 Å². The van der Waals surface area contributed by atoms with Crippen LogP contribution < -0.4 is 15.3 Å². The lowest BCUT2D eigenvalue weighted by molar-refractivity contribution is 0.289. The van der Waals surface area contributed by atoms with Gasteiger partial charge in [-0.1, -0.05) is 36.4 Å². The minimum Gasteiger partial charge on any atom is -0.473 e. The lowest BCUT2D eigenvalue weighted by Gasteiger charge is -2.32. The van der Waals surface area contributed by atoms with Crippen LogP contribution in [0.25, 0.3) is 0 Å². The van der Waals surface area contributed by atoms with Gasteiger partial charge in [-0.3, -0.25) is 4.57 Å². The number of aromatic nitrogens is 2. The summed E-state index contributed by atoms with van der Waals surface area (Å²) in [6.45, 7) is 6.20. The molecular weight excluding hydrogens is 369 g/mol. The molecule has 0 unspecified atom stereocenters. The number of hydrogen-bond acceptors (Lipinski definition) is 4. The summed E-state index contributed by atoms with van der Waals surface area (Å²) >= 11 is 0. The highest BCUT2D eigenvalue weighted by Crippen LogP contribution is 2.25. The number of halogens is 1. The second-order valence-corrected chi connectivity index (χ2v) is 7.46. The standard InChI is InChI=1S/C23H24FN3O2/c1-16-6-3-4-7-19(16)14-26-10-5-11-27-22(26)13-21(25-23(27)28)29-15-18-9-8-17(2)20(24)12-18/h3-4,6-9,12-13H,5,10-11,14-15H2,1-2H3. The molecule has 0 amide bonds. The van der Waals surface area contributed by atoms with Crippen molar-refractivity contribution in [2.75, 3.05) is 11.4 Å². The van der Waals surface area contributed by atoms with E-state index in [1.807, 2.05) is 24.3 Å². The van der Waals surface area contributed by atoms with Gasteiger partial charge in [0.15, 0.2) is 0 Å². The molecule has 150 valence electrons. The Bertz CT molecular complexity index is 1090. The van der Waals surface area contributed by atoms with Gasteiger partial charge in [-0.25, -0.2) is 9.18 Å². The molecule has 1 aromatic heterocycles. The lowest BCUT2D eigenvalue weighted by atomic mass is 10.1. The number of nitrogens with zero attached hydrogens (tertiary/aromatic N) is 3. The number of ether oxygens (including phenoxy) is 1. The third-order valence-corrected chi connectivity index (χ3v) is 5.35. The summed E-state index contributed by atoms with van der Waals surface area (Å²) in [4.78, 5) is 18.8. The largest absolute Gasteiger partial charge is 0.473 e. The molecule has 2 aromatic carbocycles. The van der Waals surface area contributed by atoms with Crippen LogP contribution in [0.4, 0.5) is 10.2 Å². The maximum Gasteiger partial charge on any atom is 0.352 e. The van der Waals surface area contributed by atoms with E-state index in [1.165, 1.54) is 17.2 Å². The molecule has 2 heterocycles. The van der Waals surface area contributed by atoms with Crippen molar-refractivity contribution in [1.29, 1.82) is 0 Å². The van der Waals surface area contributed by atoms with Crippen LogP contribution in [-0.2, 0) is 19.7 Å². The van der Waals surface area contributed by atoms with Crippen LogP contribution in [0.1, 0.15) is 28.7 Å². The van der Waals surface area contributed by atoms with Gasteiger partial charge in [0.25, 0.3) is 0 Å². The summed E-state index contributed by atoms with van der Waals surface area (Å²) in [5.41, 5.74) is 3.42. The molecular formula is C23H24FN3O2. The third-order valence-electron chi connectivity index (χ3n) is 5.35. The summed E-state index contributed by atoms with van der Waals surface area (Å²) in [6, 6.07) is 15.0. The molecule has 4 rings (SSSR count). The summed E-state index contributed by atoms with van der Waals surface area (Å²) in [5, 5.41) is 0. The lowest BCUT2D eigenvalue weighted by Crippen LogP contribution is -2.38. The number of hydrogen-bond donors (Lipinski definition) is 0. The molecule has 0 bridgehead atoms. The van der Waals surface area contributed by atoms with Gasteiger partial charge in [-0.15, -0.1) is 0 Å². The normalized spacial score (nSPS) is 13.3. The summed E-state index contributed by atoms with van der Waals surface area (Å²) < 4.78 is 21.2. The smallest absolute Gasteiger partial charge is 0.352 e. The molecule has 0 aliphatic carbocycles. The van der Waals surface area contributed by atoms with Crippen LogP contribution in [0.5, 0.6) is 5.88 Å². The number of anilines is 1. The second-order valence-electron chi connectivity index (χ2n) is 7.46. The Labute approximate surface area is 169 Å². The summed E-state index contributed by atoms with van der Waals surface area (Å²) in [7, 11) is 0. The van der Waals surface area contributed by atoms with E-state index in [0.717, 1.165) is 25.3 Å². The van der Waals surface area contributed by atoms with E-state index in [0.29, 0.717) is 17.7 Å². The SMILES string of the molecule is Cc1ccc(COc2cc3n(c(=O)n2)CCCN3Cc2ccccc2C)cc1F. The van der Waals surface area contributed by atoms with Crippen molar-refractivity contribution in [3.05, 3.63) is 87.1 Å². The van der Waals surface area contributed by atoms with E-state index < -0.39 is 0 Å². The molecule has 29 heavy (non-hydrogen) atoms. The van der Waals surface area contributed by atoms with Gasteiger partial charge in [0.2, 0.25) is 5.88 Å². The molecule has 6 heteroatoms. The van der Waals surface area contributed by atoms with Crippen molar-refractivity contribution >= 4 is 5.82 Å². The number of benzene rings is 2. The first kappa shape index (κ1) is 19.2. The predicted molar refractivity (Wildman–Crippen MR) is 111 cm³/mol. The van der Waals surface area contributed by atoms with Gasteiger partial charge in [0.1, 0.15) is 18.2 Å². The first-order valence-corrected chi connectivity index (χ1v) is 9.80. The molecule has 1 aliphatic rings. The van der Waals surface area contributed by atoms with Crippen molar-refractivity contribution in [3.8, 4) is 5.88 Å². The number of fused-ring (bicyclic) bond motifs is 1. The average Bonchev–Trinajstić information content (AvgIpc) is 2.71. The first-order chi connectivity index (χ1) is 14.0. The highest BCUT2D eigenvalue weighted by molar-refractivity contribution is 5.45. The summed E-state index contributed by atoms with van der Waals surface area (Å²) in [6.07, 6.45) is 0.892. The van der Waals surface area contributed by atoms with Crippen molar-refractivity contribution in [1.82, 2.24) is 9.55 Å². The highest BCUT2D eigenvalue weighted by atomic mass is 19.1. The fourth-order valence-electron chi connectivity index (χ4n) is 3.59. The van der Waals surface area contributed by atoms with E-state index in [4.69, 9.17) is 4.74 Å². The fourth-order valence-corrected chi connectivity index (χ4v) is 3.59. The Balaban J connectivity index is 1.58. The Morgan fingerprint density at radius 3 is 2.69 bits per heavy atom. The van der Waals surface area contributed by atoms with Crippen molar-refractivity contribution < 1.29 is 9.13 Å². The third kappa shape index (κ3) is 4.16. The Kier molecular flexibility index (Phi) is 5.34. The average molecular weight is 393 g/mol. The van der Waals surface area contributed by atoms with Gasteiger partial charge >= 0.3 is 5.69 Å². The molecule has 0 saturated carbocycles. The monoisotopic (exact) mass is 393 g/mol. The van der Waals surface area contributed by atoms with Gasteiger partial charge in [-0.05, 0) is 48.6 Å². The maximum absolute atomic E-state index is 13.8. The van der Waals surface area contributed by atoms with Crippen LogP contribution >= 0.6 is 0 Å². The van der Waals surface area contributed by atoms with Crippen LogP contribution in [0.2, 0.25) is 0 Å². The van der Waals surface area contributed by atoms with Crippen molar-refractivity contribution in [2.45, 2.75) is 40.0 Å². The van der Waals surface area contributed by atoms with Crippen molar-refractivity contribution in [2.24, 2.45) is 0 Å². The first-order valence-electron chi connectivity index (χ1n) is 9.80. The molecule has 0 N–H and O–H groups in total. The summed E-state index contributed by atoms with van der Waals surface area (Å²) in [5.74, 6) is 0.803. The van der Waals surface area contributed by atoms with E-state index in [-0.39, 0.29) is 24.0 Å². The number of rotatable bonds is 5. The second kappa shape index (κ2) is 8.07. The number of aryl methyl sites for hydroxylation is 2. The zero-order valence-electron chi connectivity index (χ0n) is 16.7. The van der Waals surface area contributed by atoms with Gasteiger partial charge in [-0.2, -0.15) is 4.98 Å². The minimum absolute atomic E-state index is 0.158. The Morgan fingerprint density at radius 2 is 1.90 bits per heavy atom. The fraction of sp³-hybridized carbons (Fsp3) is 0.304. The topological polar surface area (TPSA) is 47.4 Å². The van der Waals surface area contributed by atoms with Crippen LogP contribution in [0.15, 0.2) is 53.3 Å². The van der Waals surface area contributed by atoms with Crippen LogP contribution in [-0.4, -0.2) is 16.1 Å². The van der Waals surface area contributed by atoms with E-state index in [2.05, 4.69) is 28.9 Å². The Hall–Kier alpha value is -3.15.